The molecule has 0 aliphatic carbocycles. The quantitative estimate of drug-likeness (QED) is 0.228. The second-order valence-corrected chi connectivity index (χ2v) is 9.83. The van der Waals surface area contributed by atoms with Crippen LogP contribution >= 0.6 is 23.1 Å². The molecule has 2 amide bonds. The van der Waals surface area contributed by atoms with Crippen LogP contribution < -0.4 is 10.6 Å². The lowest BCUT2D eigenvalue weighted by molar-refractivity contribution is -0.113. The Morgan fingerprint density at radius 1 is 0.861 bits per heavy atom. The van der Waals surface area contributed by atoms with Gasteiger partial charge < -0.3 is 10.6 Å². The Hall–Kier alpha value is -4.01. The molecule has 0 bridgehead atoms. The van der Waals surface area contributed by atoms with Gasteiger partial charge in [0, 0.05) is 27.1 Å². The van der Waals surface area contributed by atoms with Gasteiger partial charge in [0.05, 0.1) is 11.4 Å². The Morgan fingerprint density at radius 3 is 2.50 bits per heavy atom. The Morgan fingerprint density at radius 2 is 1.67 bits per heavy atom. The Balaban J connectivity index is 1.17. The van der Waals surface area contributed by atoms with Gasteiger partial charge in [-0.15, -0.1) is 23.1 Å². The van der Waals surface area contributed by atoms with Gasteiger partial charge in [-0.3, -0.25) is 9.59 Å². The monoisotopic (exact) mass is 513 g/mol. The first kappa shape index (κ1) is 23.7. The number of nitrogens with zero attached hydrogens (tertiary/aromatic N) is 1. The largest absolute Gasteiger partial charge is 0.322 e. The van der Waals surface area contributed by atoms with E-state index in [1.807, 2.05) is 29.6 Å². The molecule has 0 aliphatic heterocycles. The number of anilines is 2. The van der Waals surface area contributed by atoms with Gasteiger partial charge in [-0.25, -0.2) is 9.37 Å². The number of fused-ring (bicyclic) bond motifs is 1. The maximum absolute atomic E-state index is 13.1. The zero-order chi connectivity index (χ0) is 24.9. The zero-order valence-electron chi connectivity index (χ0n) is 18.9. The van der Waals surface area contributed by atoms with E-state index in [-0.39, 0.29) is 17.6 Å². The fourth-order valence-corrected chi connectivity index (χ4v) is 5.08. The number of thioether (sulfide) groups is 1. The average molecular weight is 514 g/mol. The third-order valence-corrected chi connectivity index (χ3v) is 7.12. The predicted octanol–water partition coefficient (Wildman–Crippen LogP) is 7.09. The molecule has 0 atom stereocenters. The van der Waals surface area contributed by atoms with Crippen LogP contribution in [0.1, 0.15) is 10.4 Å². The van der Waals surface area contributed by atoms with Crippen LogP contribution in [0.25, 0.3) is 22.0 Å². The summed E-state index contributed by atoms with van der Waals surface area (Å²) in [4.78, 5) is 30.3. The van der Waals surface area contributed by atoms with Gasteiger partial charge in [0.1, 0.15) is 5.82 Å². The highest BCUT2D eigenvalue weighted by atomic mass is 32.2. The van der Waals surface area contributed by atoms with Crippen molar-refractivity contribution in [3.05, 3.63) is 108 Å². The van der Waals surface area contributed by atoms with Gasteiger partial charge in [0.15, 0.2) is 5.13 Å². The first-order valence-electron chi connectivity index (χ1n) is 11.1. The first-order chi connectivity index (χ1) is 17.5. The fourth-order valence-electron chi connectivity index (χ4n) is 3.58. The van der Waals surface area contributed by atoms with Gasteiger partial charge in [-0.2, -0.15) is 0 Å². The molecule has 0 spiro atoms. The topological polar surface area (TPSA) is 71.1 Å². The van der Waals surface area contributed by atoms with Crippen molar-refractivity contribution >= 4 is 56.5 Å². The normalized spacial score (nSPS) is 10.8. The molecule has 4 aromatic carbocycles. The van der Waals surface area contributed by atoms with E-state index in [0.717, 1.165) is 21.5 Å². The summed E-state index contributed by atoms with van der Waals surface area (Å²) in [6, 6.07) is 26.9. The number of aromatic nitrogens is 1. The highest BCUT2D eigenvalue weighted by Gasteiger charge is 2.11. The highest BCUT2D eigenvalue weighted by Crippen LogP contribution is 2.28. The number of hydrogen-bond acceptors (Lipinski definition) is 5. The molecular weight excluding hydrogens is 493 g/mol. The summed E-state index contributed by atoms with van der Waals surface area (Å²) in [5.74, 6) is -0.702. The highest BCUT2D eigenvalue weighted by molar-refractivity contribution is 8.00. The minimum absolute atomic E-state index is 0.167. The van der Waals surface area contributed by atoms with Gasteiger partial charge in [0.25, 0.3) is 5.91 Å². The van der Waals surface area contributed by atoms with Crippen molar-refractivity contribution in [3.8, 4) is 11.3 Å². The van der Waals surface area contributed by atoms with E-state index < -0.39 is 5.82 Å². The SMILES string of the molecule is O=C(CSc1cccc(NC(=O)c2ccc(F)cc2)c1)Nc1nc(-c2ccc3ccccc3c2)cs1. The summed E-state index contributed by atoms with van der Waals surface area (Å²) in [5, 5.41) is 10.4. The molecule has 0 radical (unpaired) electrons. The van der Waals surface area contributed by atoms with Crippen LogP contribution in [-0.4, -0.2) is 22.6 Å². The van der Waals surface area contributed by atoms with Gasteiger partial charge >= 0.3 is 0 Å². The Labute approximate surface area is 215 Å². The van der Waals surface area contributed by atoms with Crippen molar-refractivity contribution in [2.75, 3.05) is 16.4 Å². The number of carbonyl (C=O) groups is 2. The minimum Gasteiger partial charge on any atom is -0.322 e. The lowest BCUT2D eigenvalue weighted by atomic mass is 10.1. The van der Waals surface area contributed by atoms with E-state index >= 15 is 0 Å². The smallest absolute Gasteiger partial charge is 0.255 e. The van der Waals surface area contributed by atoms with Gasteiger partial charge in [-0.05, 0) is 59.3 Å². The van der Waals surface area contributed by atoms with Crippen LogP contribution in [0.4, 0.5) is 15.2 Å². The third-order valence-electron chi connectivity index (χ3n) is 5.36. The van der Waals surface area contributed by atoms with Gasteiger partial charge in [0.2, 0.25) is 5.91 Å². The van der Waals surface area contributed by atoms with E-state index in [4.69, 9.17) is 0 Å². The number of carbonyl (C=O) groups excluding carboxylic acids is 2. The summed E-state index contributed by atoms with van der Waals surface area (Å²) < 4.78 is 13.1. The molecule has 8 heteroatoms. The minimum atomic E-state index is -0.397. The van der Waals surface area contributed by atoms with Crippen LogP contribution in [0.3, 0.4) is 0 Å². The van der Waals surface area contributed by atoms with Crippen molar-refractivity contribution in [1.82, 2.24) is 4.98 Å². The average Bonchev–Trinajstić information content (AvgIpc) is 3.36. The number of amides is 2. The molecule has 0 saturated carbocycles. The Kier molecular flexibility index (Phi) is 7.06. The van der Waals surface area contributed by atoms with E-state index in [1.165, 1.54) is 52.8 Å². The third kappa shape index (κ3) is 5.79. The van der Waals surface area contributed by atoms with E-state index in [1.54, 1.807) is 18.2 Å². The molecule has 1 aromatic heterocycles. The van der Waals surface area contributed by atoms with Crippen LogP contribution in [0, 0.1) is 5.82 Å². The van der Waals surface area contributed by atoms with Crippen molar-refractivity contribution in [2.24, 2.45) is 0 Å². The van der Waals surface area contributed by atoms with Crippen LogP contribution in [0.15, 0.2) is 101 Å². The lowest BCUT2D eigenvalue weighted by Crippen LogP contribution is -2.14. The lowest BCUT2D eigenvalue weighted by Gasteiger charge is -2.08. The maximum Gasteiger partial charge on any atom is 0.255 e. The van der Waals surface area contributed by atoms with Crippen LogP contribution in [-0.2, 0) is 4.79 Å². The van der Waals surface area contributed by atoms with E-state index in [9.17, 15) is 14.0 Å². The standard InChI is InChI=1S/C28H20FN3O2S2/c29-22-12-10-19(11-13-22)27(34)30-23-6-3-7-24(15-23)35-17-26(33)32-28-31-25(16-36-28)21-9-8-18-4-1-2-5-20(18)14-21/h1-16H,17H2,(H,30,34)(H,31,32,33). The Bertz CT molecular complexity index is 1550. The second-order valence-electron chi connectivity index (χ2n) is 7.93. The second kappa shape index (κ2) is 10.7. The molecule has 0 saturated heterocycles. The number of halogens is 1. The number of rotatable bonds is 7. The van der Waals surface area contributed by atoms with E-state index in [0.29, 0.717) is 16.4 Å². The summed E-state index contributed by atoms with van der Waals surface area (Å²) in [6.45, 7) is 0. The molecule has 178 valence electrons. The number of nitrogens with one attached hydrogen (secondary N) is 2. The number of hydrogen-bond donors (Lipinski definition) is 2. The molecular formula is C28H20FN3O2S2. The summed E-state index contributed by atoms with van der Waals surface area (Å²) >= 11 is 2.74. The van der Waals surface area contributed by atoms with Crippen molar-refractivity contribution in [3.63, 3.8) is 0 Å². The van der Waals surface area contributed by atoms with Crippen molar-refractivity contribution in [1.29, 1.82) is 0 Å². The van der Waals surface area contributed by atoms with Crippen molar-refractivity contribution in [2.45, 2.75) is 4.90 Å². The predicted molar refractivity (Wildman–Crippen MR) is 145 cm³/mol. The van der Waals surface area contributed by atoms with Crippen molar-refractivity contribution < 1.29 is 14.0 Å². The number of thiazole rings is 1. The fraction of sp³-hybridized carbons (Fsp3) is 0.0357. The molecule has 1 heterocycles. The molecule has 36 heavy (non-hydrogen) atoms. The van der Waals surface area contributed by atoms with E-state index in [2.05, 4.69) is 39.9 Å². The van der Waals surface area contributed by atoms with Crippen LogP contribution in [0.5, 0.6) is 0 Å². The summed E-state index contributed by atoms with van der Waals surface area (Å²) in [6.07, 6.45) is 0. The summed E-state index contributed by atoms with van der Waals surface area (Å²) in [5.41, 5.74) is 2.77. The molecule has 5 aromatic rings. The molecule has 0 fully saturated rings. The number of benzene rings is 4. The molecule has 0 aliphatic rings. The molecule has 0 unspecified atom stereocenters. The molecule has 5 rings (SSSR count). The maximum atomic E-state index is 13.1. The van der Waals surface area contributed by atoms with Crippen LogP contribution in [0.2, 0.25) is 0 Å². The van der Waals surface area contributed by atoms with Gasteiger partial charge in [-0.1, -0.05) is 42.5 Å². The molecule has 5 nitrogen and oxygen atoms in total. The summed E-state index contributed by atoms with van der Waals surface area (Å²) in [7, 11) is 0. The first-order valence-corrected chi connectivity index (χ1v) is 12.9. The zero-order valence-corrected chi connectivity index (χ0v) is 20.5. The molecule has 2 N–H and O–H groups in total.